The van der Waals surface area contributed by atoms with E-state index in [0.29, 0.717) is 0 Å². The van der Waals surface area contributed by atoms with Crippen LogP contribution in [0, 0.1) is 6.92 Å². The SMILES string of the molecule is CCCc1nc2ccc(C)cc2c2ccccc12. The number of nitrogens with zero attached hydrogens (tertiary/aromatic N) is 1. The molecule has 1 aromatic heterocycles. The van der Waals surface area contributed by atoms with Gasteiger partial charge in [0.1, 0.15) is 0 Å². The molecule has 0 aliphatic carbocycles. The summed E-state index contributed by atoms with van der Waals surface area (Å²) in [6.45, 7) is 4.34. The highest BCUT2D eigenvalue weighted by Gasteiger charge is 2.07. The molecule has 1 heterocycles. The highest BCUT2D eigenvalue weighted by atomic mass is 14.7. The molecule has 3 rings (SSSR count). The maximum absolute atomic E-state index is 4.83. The zero-order chi connectivity index (χ0) is 12.5. The van der Waals surface area contributed by atoms with Gasteiger partial charge >= 0.3 is 0 Å². The predicted octanol–water partition coefficient (Wildman–Crippen LogP) is 4.65. The maximum atomic E-state index is 4.83. The molecule has 1 heteroatoms. The van der Waals surface area contributed by atoms with E-state index in [0.717, 1.165) is 18.4 Å². The van der Waals surface area contributed by atoms with Crippen LogP contribution >= 0.6 is 0 Å². The monoisotopic (exact) mass is 235 g/mol. The number of pyridine rings is 1. The minimum Gasteiger partial charge on any atom is -0.252 e. The van der Waals surface area contributed by atoms with Crippen LogP contribution in [0.4, 0.5) is 0 Å². The summed E-state index contributed by atoms with van der Waals surface area (Å²) in [5.41, 5.74) is 3.63. The lowest BCUT2D eigenvalue weighted by atomic mass is 10.0. The van der Waals surface area contributed by atoms with E-state index in [-0.39, 0.29) is 0 Å². The Morgan fingerprint density at radius 1 is 0.944 bits per heavy atom. The molecule has 0 bridgehead atoms. The van der Waals surface area contributed by atoms with Crippen LogP contribution in [0.25, 0.3) is 21.7 Å². The number of aryl methyl sites for hydroxylation is 2. The zero-order valence-corrected chi connectivity index (χ0v) is 10.9. The van der Waals surface area contributed by atoms with E-state index < -0.39 is 0 Å². The summed E-state index contributed by atoms with van der Waals surface area (Å²) in [6.07, 6.45) is 2.18. The van der Waals surface area contributed by atoms with Crippen LogP contribution in [0.1, 0.15) is 24.6 Å². The Kier molecular flexibility index (Phi) is 2.75. The third-order valence-electron chi connectivity index (χ3n) is 3.42. The summed E-state index contributed by atoms with van der Waals surface area (Å²) in [5.74, 6) is 0. The highest BCUT2D eigenvalue weighted by molar-refractivity contribution is 6.06. The van der Waals surface area contributed by atoms with Gasteiger partial charge in [0.25, 0.3) is 0 Å². The van der Waals surface area contributed by atoms with Crippen molar-refractivity contribution in [2.45, 2.75) is 26.7 Å². The van der Waals surface area contributed by atoms with Gasteiger partial charge in [-0.2, -0.15) is 0 Å². The van der Waals surface area contributed by atoms with Gasteiger partial charge in [-0.3, -0.25) is 4.98 Å². The fraction of sp³-hybridized carbons (Fsp3) is 0.235. The minimum atomic E-state index is 1.05. The van der Waals surface area contributed by atoms with Gasteiger partial charge in [0, 0.05) is 16.5 Å². The third kappa shape index (κ3) is 1.76. The van der Waals surface area contributed by atoms with Gasteiger partial charge in [0.15, 0.2) is 0 Å². The van der Waals surface area contributed by atoms with E-state index >= 15 is 0 Å². The molecule has 0 spiro atoms. The van der Waals surface area contributed by atoms with Crippen LogP contribution in [0.15, 0.2) is 42.5 Å². The van der Waals surface area contributed by atoms with Crippen LogP contribution in [0.2, 0.25) is 0 Å². The molecule has 0 fully saturated rings. The van der Waals surface area contributed by atoms with Gasteiger partial charge in [-0.05, 0) is 30.9 Å². The number of rotatable bonds is 2. The molecule has 18 heavy (non-hydrogen) atoms. The Morgan fingerprint density at radius 2 is 1.72 bits per heavy atom. The third-order valence-corrected chi connectivity index (χ3v) is 3.42. The van der Waals surface area contributed by atoms with Crippen molar-refractivity contribution in [1.82, 2.24) is 4.98 Å². The molecule has 0 radical (unpaired) electrons. The largest absolute Gasteiger partial charge is 0.252 e. The van der Waals surface area contributed by atoms with E-state index in [4.69, 9.17) is 4.98 Å². The minimum absolute atomic E-state index is 1.05. The molecule has 2 aromatic carbocycles. The molecule has 0 atom stereocenters. The molecule has 0 saturated carbocycles. The second-order valence-corrected chi connectivity index (χ2v) is 4.87. The normalized spacial score (nSPS) is 11.2. The summed E-state index contributed by atoms with van der Waals surface area (Å²) < 4.78 is 0. The lowest BCUT2D eigenvalue weighted by Gasteiger charge is -2.09. The van der Waals surface area contributed by atoms with Crippen LogP contribution in [0.5, 0.6) is 0 Å². The lowest BCUT2D eigenvalue weighted by molar-refractivity contribution is 0.899. The van der Waals surface area contributed by atoms with Gasteiger partial charge in [0.05, 0.1) is 5.52 Å². The highest BCUT2D eigenvalue weighted by Crippen LogP contribution is 2.27. The Morgan fingerprint density at radius 3 is 2.50 bits per heavy atom. The topological polar surface area (TPSA) is 12.9 Å². The van der Waals surface area contributed by atoms with E-state index in [1.54, 1.807) is 0 Å². The van der Waals surface area contributed by atoms with Crippen molar-refractivity contribution in [3.63, 3.8) is 0 Å². The molecule has 0 aliphatic rings. The van der Waals surface area contributed by atoms with Crippen LogP contribution in [0.3, 0.4) is 0 Å². The average molecular weight is 235 g/mol. The van der Waals surface area contributed by atoms with E-state index in [1.807, 2.05) is 0 Å². The molecule has 0 unspecified atom stereocenters. The molecular formula is C17H17N. The average Bonchev–Trinajstić information content (AvgIpc) is 2.40. The summed E-state index contributed by atoms with van der Waals surface area (Å²) in [5, 5.41) is 3.90. The first kappa shape index (κ1) is 11.2. The second-order valence-electron chi connectivity index (χ2n) is 4.87. The van der Waals surface area contributed by atoms with Crippen LogP contribution < -0.4 is 0 Å². The Labute approximate surface area is 107 Å². The fourth-order valence-electron chi connectivity index (χ4n) is 2.57. The summed E-state index contributed by atoms with van der Waals surface area (Å²) >= 11 is 0. The Bertz CT molecular complexity index is 713. The number of hydrogen-bond donors (Lipinski definition) is 0. The van der Waals surface area contributed by atoms with Crippen molar-refractivity contribution in [1.29, 1.82) is 0 Å². The zero-order valence-electron chi connectivity index (χ0n) is 10.9. The van der Waals surface area contributed by atoms with Crippen molar-refractivity contribution in [3.05, 3.63) is 53.7 Å². The van der Waals surface area contributed by atoms with Crippen LogP contribution in [-0.2, 0) is 6.42 Å². The van der Waals surface area contributed by atoms with Crippen molar-refractivity contribution >= 4 is 21.7 Å². The Hall–Kier alpha value is -1.89. The maximum Gasteiger partial charge on any atom is 0.0711 e. The standard InChI is InChI=1S/C17H17N/c1-3-6-16-14-8-5-4-7-13(14)15-11-12(2)9-10-17(15)18-16/h4-5,7-11H,3,6H2,1-2H3. The van der Waals surface area contributed by atoms with Gasteiger partial charge < -0.3 is 0 Å². The number of fused-ring (bicyclic) bond motifs is 3. The van der Waals surface area contributed by atoms with E-state index in [2.05, 4.69) is 56.3 Å². The molecular weight excluding hydrogens is 218 g/mol. The Balaban J connectivity index is 2.45. The summed E-state index contributed by atoms with van der Waals surface area (Å²) in [7, 11) is 0. The fourth-order valence-corrected chi connectivity index (χ4v) is 2.57. The quantitative estimate of drug-likeness (QED) is 0.589. The van der Waals surface area contributed by atoms with Gasteiger partial charge in [0.2, 0.25) is 0 Å². The summed E-state index contributed by atoms with van der Waals surface area (Å²) in [6, 6.07) is 15.1. The van der Waals surface area contributed by atoms with E-state index in [9.17, 15) is 0 Å². The van der Waals surface area contributed by atoms with Gasteiger partial charge in [-0.15, -0.1) is 0 Å². The van der Waals surface area contributed by atoms with Crippen LogP contribution in [-0.4, -0.2) is 4.98 Å². The lowest BCUT2D eigenvalue weighted by Crippen LogP contribution is -1.93. The molecule has 0 saturated heterocycles. The smallest absolute Gasteiger partial charge is 0.0711 e. The first-order chi connectivity index (χ1) is 8.79. The molecule has 3 aromatic rings. The molecule has 90 valence electrons. The molecule has 0 aliphatic heterocycles. The summed E-state index contributed by atoms with van der Waals surface area (Å²) in [4.78, 5) is 4.83. The second kappa shape index (κ2) is 4.41. The predicted molar refractivity (Wildman–Crippen MR) is 78.0 cm³/mol. The van der Waals surface area contributed by atoms with Crippen molar-refractivity contribution in [3.8, 4) is 0 Å². The number of benzene rings is 2. The number of aromatic nitrogens is 1. The van der Waals surface area contributed by atoms with E-state index in [1.165, 1.54) is 27.4 Å². The van der Waals surface area contributed by atoms with Gasteiger partial charge in [-0.25, -0.2) is 0 Å². The molecule has 1 nitrogen and oxygen atoms in total. The van der Waals surface area contributed by atoms with Crippen molar-refractivity contribution < 1.29 is 0 Å². The van der Waals surface area contributed by atoms with Crippen molar-refractivity contribution in [2.75, 3.05) is 0 Å². The van der Waals surface area contributed by atoms with Gasteiger partial charge in [-0.1, -0.05) is 49.2 Å². The number of hydrogen-bond acceptors (Lipinski definition) is 1. The molecule has 0 N–H and O–H groups in total. The first-order valence-corrected chi connectivity index (χ1v) is 6.57. The van der Waals surface area contributed by atoms with Crippen molar-refractivity contribution in [2.24, 2.45) is 0 Å². The molecule has 0 amide bonds. The first-order valence-electron chi connectivity index (χ1n) is 6.57.